The Bertz CT molecular complexity index is 911. The summed E-state index contributed by atoms with van der Waals surface area (Å²) in [4.78, 5) is 13.2. The standard InChI is InChI=1S/C17H16F2N2O4S/c18-13-3-6-15(19)16(11-13)26(23,24)20-14-4-1-12(2-5-14)17(22)21-7-9-25-10-8-21/h1-6,11,20H,7-10H2. The van der Waals surface area contributed by atoms with Gasteiger partial charge in [-0.2, -0.15) is 0 Å². The second-order valence-electron chi connectivity index (χ2n) is 5.66. The van der Waals surface area contributed by atoms with Crippen molar-refractivity contribution >= 4 is 21.6 Å². The molecule has 0 atom stereocenters. The summed E-state index contributed by atoms with van der Waals surface area (Å²) in [6, 6.07) is 7.91. The Kier molecular flexibility index (Phi) is 5.19. The van der Waals surface area contributed by atoms with Crippen LogP contribution in [-0.4, -0.2) is 45.5 Å². The maximum absolute atomic E-state index is 13.7. The molecule has 0 saturated carbocycles. The highest BCUT2D eigenvalue weighted by molar-refractivity contribution is 7.92. The molecule has 0 aliphatic carbocycles. The number of ether oxygens (including phenoxy) is 1. The van der Waals surface area contributed by atoms with Gasteiger partial charge in [0, 0.05) is 24.3 Å². The first-order chi connectivity index (χ1) is 12.4. The highest BCUT2D eigenvalue weighted by Gasteiger charge is 2.21. The fourth-order valence-electron chi connectivity index (χ4n) is 2.52. The molecule has 1 aliphatic rings. The Morgan fingerprint density at radius 3 is 2.35 bits per heavy atom. The van der Waals surface area contributed by atoms with Crippen LogP contribution in [0.4, 0.5) is 14.5 Å². The maximum Gasteiger partial charge on any atom is 0.264 e. The molecule has 1 fully saturated rings. The smallest absolute Gasteiger partial charge is 0.264 e. The molecule has 2 aromatic carbocycles. The zero-order valence-electron chi connectivity index (χ0n) is 13.6. The molecule has 26 heavy (non-hydrogen) atoms. The van der Waals surface area contributed by atoms with Crippen LogP contribution in [0.25, 0.3) is 0 Å². The Labute approximate surface area is 149 Å². The summed E-state index contributed by atoms with van der Waals surface area (Å²) < 4.78 is 58.8. The van der Waals surface area contributed by atoms with Gasteiger partial charge in [0.2, 0.25) is 0 Å². The van der Waals surface area contributed by atoms with Crippen molar-refractivity contribution in [1.29, 1.82) is 0 Å². The number of hydrogen-bond acceptors (Lipinski definition) is 4. The molecule has 1 saturated heterocycles. The highest BCUT2D eigenvalue weighted by Crippen LogP contribution is 2.20. The predicted octanol–water partition coefficient (Wildman–Crippen LogP) is 2.24. The lowest BCUT2D eigenvalue weighted by atomic mass is 10.2. The van der Waals surface area contributed by atoms with E-state index in [-0.39, 0.29) is 11.6 Å². The van der Waals surface area contributed by atoms with Crippen LogP contribution in [0.2, 0.25) is 0 Å². The zero-order valence-corrected chi connectivity index (χ0v) is 14.4. The Morgan fingerprint density at radius 2 is 1.69 bits per heavy atom. The first kappa shape index (κ1) is 18.3. The van der Waals surface area contributed by atoms with E-state index >= 15 is 0 Å². The minimum absolute atomic E-state index is 0.132. The summed E-state index contributed by atoms with van der Waals surface area (Å²) >= 11 is 0. The number of rotatable bonds is 4. The molecule has 0 radical (unpaired) electrons. The van der Waals surface area contributed by atoms with Gasteiger partial charge in [0.15, 0.2) is 0 Å². The van der Waals surface area contributed by atoms with Crippen LogP contribution >= 0.6 is 0 Å². The number of carbonyl (C=O) groups is 1. The van der Waals surface area contributed by atoms with Crippen molar-refractivity contribution in [1.82, 2.24) is 4.90 Å². The predicted molar refractivity (Wildman–Crippen MR) is 90.3 cm³/mol. The lowest BCUT2D eigenvalue weighted by Gasteiger charge is -2.26. The molecule has 0 bridgehead atoms. The lowest BCUT2D eigenvalue weighted by molar-refractivity contribution is 0.0303. The Balaban J connectivity index is 1.76. The van der Waals surface area contributed by atoms with Gasteiger partial charge in [0.25, 0.3) is 15.9 Å². The molecule has 0 aromatic heterocycles. The molecule has 9 heteroatoms. The van der Waals surface area contributed by atoms with Crippen LogP contribution < -0.4 is 4.72 Å². The van der Waals surface area contributed by atoms with E-state index in [0.717, 1.165) is 12.1 Å². The average molecular weight is 382 g/mol. The molecule has 1 amide bonds. The van der Waals surface area contributed by atoms with Crippen LogP contribution in [0.3, 0.4) is 0 Å². The fraction of sp³-hybridized carbons (Fsp3) is 0.235. The fourth-order valence-corrected chi connectivity index (χ4v) is 3.67. The highest BCUT2D eigenvalue weighted by atomic mass is 32.2. The van der Waals surface area contributed by atoms with Crippen molar-refractivity contribution in [3.63, 3.8) is 0 Å². The monoisotopic (exact) mass is 382 g/mol. The number of halogens is 2. The first-order valence-electron chi connectivity index (χ1n) is 7.82. The van der Waals surface area contributed by atoms with Gasteiger partial charge in [0.1, 0.15) is 16.5 Å². The summed E-state index contributed by atoms with van der Waals surface area (Å²) in [5, 5.41) is 0. The second kappa shape index (κ2) is 7.38. The van der Waals surface area contributed by atoms with E-state index < -0.39 is 26.6 Å². The van der Waals surface area contributed by atoms with E-state index in [2.05, 4.69) is 4.72 Å². The summed E-state index contributed by atoms with van der Waals surface area (Å²) in [6.45, 7) is 1.93. The third-order valence-corrected chi connectivity index (χ3v) is 5.26. The summed E-state index contributed by atoms with van der Waals surface area (Å²) in [6.07, 6.45) is 0. The molecule has 138 valence electrons. The third-order valence-electron chi connectivity index (χ3n) is 3.87. The van der Waals surface area contributed by atoms with Crippen LogP contribution in [0.5, 0.6) is 0 Å². The van der Waals surface area contributed by atoms with E-state index in [1.165, 1.54) is 24.3 Å². The topological polar surface area (TPSA) is 75.7 Å². The van der Waals surface area contributed by atoms with Gasteiger partial charge in [-0.3, -0.25) is 9.52 Å². The molecule has 1 N–H and O–H groups in total. The number of amides is 1. The van der Waals surface area contributed by atoms with E-state index in [4.69, 9.17) is 4.74 Å². The number of nitrogens with zero attached hydrogens (tertiary/aromatic N) is 1. The van der Waals surface area contributed by atoms with Gasteiger partial charge in [0.05, 0.1) is 13.2 Å². The normalized spacial score (nSPS) is 14.9. The van der Waals surface area contributed by atoms with Crippen molar-refractivity contribution in [3.8, 4) is 0 Å². The van der Waals surface area contributed by atoms with E-state index in [1.54, 1.807) is 4.90 Å². The molecular formula is C17H16F2N2O4S. The molecule has 3 rings (SSSR count). The first-order valence-corrected chi connectivity index (χ1v) is 9.30. The summed E-state index contributed by atoms with van der Waals surface area (Å²) in [5.41, 5.74) is 0.527. The SMILES string of the molecule is O=C(c1ccc(NS(=O)(=O)c2cc(F)ccc2F)cc1)N1CCOCC1. The number of benzene rings is 2. The zero-order chi connectivity index (χ0) is 18.7. The van der Waals surface area contributed by atoms with Crippen LogP contribution in [0.15, 0.2) is 47.4 Å². The quantitative estimate of drug-likeness (QED) is 0.880. The van der Waals surface area contributed by atoms with Crippen molar-refractivity contribution in [3.05, 3.63) is 59.7 Å². The molecule has 1 aliphatic heterocycles. The lowest BCUT2D eigenvalue weighted by Crippen LogP contribution is -2.40. The summed E-state index contributed by atoms with van der Waals surface area (Å²) in [5.74, 6) is -2.10. The van der Waals surface area contributed by atoms with E-state index in [9.17, 15) is 22.0 Å². The van der Waals surface area contributed by atoms with Gasteiger partial charge in [-0.15, -0.1) is 0 Å². The van der Waals surface area contributed by atoms with E-state index in [1.807, 2.05) is 0 Å². The number of hydrogen-bond donors (Lipinski definition) is 1. The maximum atomic E-state index is 13.7. The van der Waals surface area contributed by atoms with Gasteiger partial charge >= 0.3 is 0 Å². The van der Waals surface area contributed by atoms with Crippen LogP contribution in [0.1, 0.15) is 10.4 Å². The molecule has 0 unspecified atom stereocenters. The van der Waals surface area contributed by atoms with Crippen molar-refractivity contribution in [2.45, 2.75) is 4.90 Å². The largest absolute Gasteiger partial charge is 0.378 e. The van der Waals surface area contributed by atoms with Crippen LogP contribution in [0, 0.1) is 11.6 Å². The summed E-state index contributed by atoms with van der Waals surface area (Å²) in [7, 11) is -4.30. The minimum Gasteiger partial charge on any atom is -0.378 e. The van der Waals surface area contributed by atoms with Gasteiger partial charge in [-0.25, -0.2) is 17.2 Å². The number of anilines is 1. The van der Waals surface area contributed by atoms with Gasteiger partial charge in [-0.1, -0.05) is 0 Å². The number of sulfonamides is 1. The Morgan fingerprint density at radius 1 is 1.04 bits per heavy atom. The number of nitrogens with one attached hydrogen (secondary N) is 1. The molecule has 1 heterocycles. The van der Waals surface area contributed by atoms with Crippen molar-refractivity contribution in [2.75, 3.05) is 31.0 Å². The molecule has 6 nitrogen and oxygen atoms in total. The third kappa shape index (κ3) is 4.00. The van der Waals surface area contributed by atoms with E-state index in [0.29, 0.717) is 37.9 Å². The minimum atomic E-state index is -4.30. The number of carbonyl (C=O) groups excluding carboxylic acids is 1. The number of morpholine rings is 1. The van der Waals surface area contributed by atoms with Gasteiger partial charge in [-0.05, 0) is 42.5 Å². The van der Waals surface area contributed by atoms with Crippen molar-refractivity contribution < 1.29 is 26.7 Å². The molecular weight excluding hydrogens is 366 g/mol. The van der Waals surface area contributed by atoms with Crippen LogP contribution in [-0.2, 0) is 14.8 Å². The molecule has 0 spiro atoms. The Hall–Kier alpha value is -2.52. The molecule has 2 aromatic rings. The average Bonchev–Trinajstić information content (AvgIpc) is 2.64. The second-order valence-corrected chi connectivity index (χ2v) is 7.31. The van der Waals surface area contributed by atoms with Gasteiger partial charge < -0.3 is 9.64 Å². The van der Waals surface area contributed by atoms with Crippen molar-refractivity contribution in [2.24, 2.45) is 0 Å².